The number of halogens is 2. The van der Waals surface area contributed by atoms with Crippen LogP contribution in [0.5, 0.6) is 11.5 Å². The Morgan fingerprint density at radius 1 is 0.600 bits per heavy atom. The Labute approximate surface area is 188 Å². The van der Waals surface area contributed by atoms with Crippen LogP contribution in [0.25, 0.3) is 0 Å². The summed E-state index contributed by atoms with van der Waals surface area (Å²) >= 11 is 12.0. The molecule has 0 fully saturated rings. The molecule has 0 unspecified atom stereocenters. The van der Waals surface area contributed by atoms with Crippen molar-refractivity contribution in [2.24, 2.45) is 0 Å². The largest absolute Gasteiger partial charge is 0.494 e. The molecule has 0 bridgehead atoms. The number of ether oxygens (including phenoxy) is 2. The van der Waals surface area contributed by atoms with E-state index in [1.807, 2.05) is 12.1 Å². The van der Waals surface area contributed by atoms with Gasteiger partial charge in [0.15, 0.2) is 0 Å². The van der Waals surface area contributed by atoms with E-state index < -0.39 is 0 Å². The molecule has 0 aliphatic heterocycles. The van der Waals surface area contributed by atoms with Crippen LogP contribution in [0.2, 0.25) is 10.0 Å². The minimum Gasteiger partial charge on any atom is -0.494 e. The van der Waals surface area contributed by atoms with Crippen LogP contribution >= 0.6 is 23.2 Å². The number of rotatable bonds is 13. The van der Waals surface area contributed by atoms with Gasteiger partial charge in [0.05, 0.1) is 34.4 Å². The summed E-state index contributed by atoms with van der Waals surface area (Å²) in [5, 5.41) is 18.6. The third kappa shape index (κ3) is 8.54. The maximum Gasteiger partial charge on any atom is 0.120 e. The van der Waals surface area contributed by atoms with Crippen LogP contribution in [0.15, 0.2) is 36.4 Å². The lowest BCUT2D eigenvalue weighted by Gasteiger charge is -2.08. The Morgan fingerprint density at radius 3 is 1.30 bits per heavy atom. The third-order valence-electron chi connectivity index (χ3n) is 4.70. The Hall–Kier alpha value is -2.40. The molecule has 0 heterocycles. The van der Waals surface area contributed by atoms with Crippen LogP contribution in [0.4, 0.5) is 0 Å². The maximum absolute atomic E-state index is 8.86. The van der Waals surface area contributed by atoms with Crippen molar-refractivity contribution in [1.82, 2.24) is 0 Å². The molecular formula is C24H26Cl2N2O2. The summed E-state index contributed by atoms with van der Waals surface area (Å²) in [7, 11) is 0. The van der Waals surface area contributed by atoms with Crippen molar-refractivity contribution in [2.75, 3.05) is 13.2 Å². The molecule has 0 saturated heterocycles. The van der Waals surface area contributed by atoms with Gasteiger partial charge in [0.1, 0.15) is 23.6 Å². The predicted molar refractivity (Wildman–Crippen MR) is 120 cm³/mol. The summed E-state index contributed by atoms with van der Waals surface area (Å²) in [6.07, 6.45) is 9.19. The van der Waals surface area contributed by atoms with Crippen LogP contribution in [0.3, 0.4) is 0 Å². The van der Waals surface area contributed by atoms with Crippen LogP contribution in [-0.4, -0.2) is 13.2 Å². The van der Waals surface area contributed by atoms with Crippen molar-refractivity contribution in [3.8, 4) is 23.6 Å². The van der Waals surface area contributed by atoms with Crippen molar-refractivity contribution in [1.29, 1.82) is 10.5 Å². The molecule has 0 aromatic heterocycles. The van der Waals surface area contributed by atoms with Crippen LogP contribution in [0, 0.1) is 22.7 Å². The summed E-state index contributed by atoms with van der Waals surface area (Å²) in [6.45, 7) is 1.33. The van der Waals surface area contributed by atoms with E-state index in [4.69, 9.17) is 43.2 Å². The average Bonchev–Trinajstić information content (AvgIpc) is 2.74. The summed E-state index contributed by atoms with van der Waals surface area (Å²) in [5.74, 6) is 1.42. The molecule has 0 atom stereocenters. The van der Waals surface area contributed by atoms with Crippen LogP contribution < -0.4 is 9.47 Å². The van der Waals surface area contributed by atoms with Crippen molar-refractivity contribution in [3.63, 3.8) is 0 Å². The van der Waals surface area contributed by atoms with Crippen molar-refractivity contribution >= 4 is 23.2 Å². The van der Waals surface area contributed by atoms with Gasteiger partial charge in [0.2, 0.25) is 0 Å². The molecule has 0 aliphatic carbocycles. The third-order valence-corrected chi connectivity index (χ3v) is 5.32. The van der Waals surface area contributed by atoms with E-state index in [9.17, 15) is 0 Å². The van der Waals surface area contributed by atoms with Gasteiger partial charge >= 0.3 is 0 Å². The number of nitrogens with zero attached hydrogens (tertiary/aromatic N) is 2. The molecule has 0 N–H and O–H groups in total. The topological polar surface area (TPSA) is 66.0 Å². The first-order valence-corrected chi connectivity index (χ1v) is 11.0. The lowest BCUT2D eigenvalue weighted by molar-refractivity contribution is 0.301. The van der Waals surface area contributed by atoms with Crippen LogP contribution in [0.1, 0.15) is 62.5 Å². The highest BCUT2D eigenvalue weighted by molar-refractivity contribution is 6.32. The standard InChI is InChI=1S/C24H26Cl2N2O2/c25-23-15-21(11-9-19(23)17-27)29-13-7-5-3-1-2-4-6-8-14-30-22-12-10-20(18-28)24(26)16-22/h9-12,15-16H,1-8,13-14H2. The van der Waals surface area contributed by atoms with Gasteiger partial charge < -0.3 is 9.47 Å². The molecule has 30 heavy (non-hydrogen) atoms. The molecule has 4 nitrogen and oxygen atoms in total. The highest BCUT2D eigenvalue weighted by atomic mass is 35.5. The maximum atomic E-state index is 8.86. The number of unbranched alkanes of at least 4 members (excludes halogenated alkanes) is 7. The summed E-state index contributed by atoms with van der Waals surface area (Å²) in [6, 6.07) is 14.4. The average molecular weight is 445 g/mol. The molecular weight excluding hydrogens is 419 g/mol. The number of benzene rings is 2. The lowest BCUT2D eigenvalue weighted by Crippen LogP contribution is -1.98. The van der Waals surface area contributed by atoms with E-state index in [0.29, 0.717) is 45.9 Å². The van der Waals surface area contributed by atoms with Gasteiger partial charge in [-0.2, -0.15) is 10.5 Å². The molecule has 158 valence electrons. The fourth-order valence-corrected chi connectivity index (χ4v) is 3.42. The number of nitriles is 2. The zero-order chi connectivity index (χ0) is 21.6. The number of hydrogen-bond acceptors (Lipinski definition) is 4. The van der Waals surface area contributed by atoms with Gasteiger partial charge in [-0.1, -0.05) is 61.7 Å². The summed E-state index contributed by atoms with van der Waals surface area (Å²) < 4.78 is 11.4. The van der Waals surface area contributed by atoms with Gasteiger partial charge in [0, 0.05) is 12.1 Å². The quantitative estimate of drug-likeness (QED) is 0.303. The SMILES string of the molecule is N#Cc1ccc(OCCCCCCCCCCOc2ccc(C#N)c(Cl)c2)cc1Cl. The van der Waals surface area contributed by atoms with Gasteiger partial charge in [-0.05, 0) is 37.1 Å². The fraction of sp³-hybridized carbons (Fsp3) is 0.417. The Balaban J connectivity index is 1.42. The molecule has 2 aromatic carbocycles. The predicted octanol–water partition coefficient (Wildman–Crippen LogP) is 7.32. The monoisotopic (exact) mass is 444 g/mol. The highest BCUT2D eigenvalue weighted by Crippen LogP contribution is 2.23. The zero-order valence-corrected chi connectivity index (χ0v) is 18.5. The lowest BCUT2D eigenvalue weighted by atomic mass is 10.1. The van der Waals surface area contributed by atoms with E-state index in [1.165, 1.54) is 25.7 Å². The van der Waals surface area contributed by atoms with E-state index >= 15 is 0 Å². The van der Waals surface area contributed by atoms with Crippen molar-refractivity contribution in [3.05, 3.63) is 57.6 Å². The molecule has 0 radical (unpaired) electrons. The Morgan fingerprint density at radius 2 is 0.967 bits per heavy atom. The molecule has 0 aliphatic rings. The Kier molecular flexibility index (Phi) is 10.9. The first-order valence-electron chi connectivity index (χ1n) is 10.3. The second-order valence-corrected chi connectivity index (χ2v) is 7.85. The molecule has 0 spiro atoms. The number of hydrogen-bond donors (Lipinski definition) is 0. The van der Waals surface area contributed by atoms with E-state index in [2.05, 4.69) is 0 Å². The minimum atomic E-state index is 0.432. The van der Waals surface area contributed by atoms with Crippen molar-refractivity contribution < 1.29 is 9.47 Å². The minimum absolute atomic E-state index is 0.432. The van der Waals surface area contributed by atoms with Crippen LogP contribution in [-0.2, 0) is 0 Å². The fourth-order valence-electron chi connectivity index (χ4n) is 3.00. The highest BCUT2D eigenvalue weighted by Gasteiger charge is 2.03. The molecule has 0 amide bonds. The second kappa shape index (κ2) is 13.8. The van der Waals surface area contributed by atoms with E-state index in [1.54, 1.807) is 36.4 Å². The van der Waals surface area contributed by atoms with E-state index in [0.717, 1.165) is 25.7 Å². The van der Waals surface area contributed by atoms with Gasteiger partial charge in [-0.25, -0.2) is 0 Å². The summed E-state index contributed by atoms with van der Waals surface area (Å²) in [4.78, 5) is 0. The molecule has 2 rings (SSSR count). The first-order chi connectivity index (χ1) is 14.6. The van der Waals surface area contributed by atoms with Gasteiger partial charge in [0.25, 0.3) is 0 Å². The van der Waals surface area contributed by atoms with E-state index in [-0.39, 0.29) is 0 Å². The molecule has 0 saturated carbocycles. The van der Waals surface area contributed by atoms with Crippen molar-refractivity contribution in [2.45, 2.75) is 51.4 Å². The first kappa shape index (κ1) is 23.9. The smallest absolute Gasteiger partial charge is 0.120 e. The Bertz CT molecular complexity index is 814. The van der Waals surface area contributed by atoms with Gasteiger partial charge in [-0.3, -0.25) is 0 Å². The molecule has 2 aromatic rings. The second-order valence-electron chi connectivity index (χ2n) is 7.03. The summed E-state index contributed by atoms with van der Waals surface area (Å²) in [5.41, 5.74) is 0.934. The normalized spacial score (nSPS) is 10.3. The zero-order valence-electron chi connectivity index (χ0n) is 17.0. The van der Waals surface area contributed by atoms with Gasteiger partial charge in [-0.15, -0.1) is 0 Å². The molecule has 6 heteroatoms.